The fraction of sp³-hybridized carbons (Fsp3) is 0.316. The van der Waals surface area contributed by atoms with Crippen LogP contribution in [0.5, 0.6) is 11.5 Å². The van der Waals surface area contributed by atoms with Crippen molar-refractivity contribution in [2.24, 2.45) is 0 Å². The number of carbonyl (C=O) groups is 1. The van der Waals surface area contributed by atoms with Gasteiger partial charge < -0.3 is 25.4 Å². The van der Waals surface area contributed by atoms with Gasteiger partial charge in [-0.15, -0.1) is 24.8 Å². The van der Waals surface area contributed by atoms with Gasteiger partial charge in [0.05, 0.1) is 23.4 Å². The molecule has 0 bridgehead atoms. The molecule has 0 aliphatic carbocycles. The lowest BCUT2D eigenvalue weighted by molar-refractivity contribution is 0.0948. The standard InChI is InChI=1S/C19H24ClN3O3.2ClH/c1-23(2)7-8-26-14-6-4-5-13(9-14)12-22-19(24)15-10-16(20)17(21)11-18(15)25-3;;/h4-6,9-11H,7-8,12,21H2,1-3H3,(H,22,24);2*1H. The predicted molar refractivity (Wildman–Crippen MR) is 119 cm³/mol. The second-order valence-electron chi connectivity index (χ2n) is 6.06. The molecule has 0 aliphatic rings. The van der Waals surface area contributed by atoms with E-state index in [0.717, 1.165) is 17.9 Å². The smallest absolute Gasteiger partial charge is 0.255 e. The molecule has 2 aromatic rings. The Morgan fingerprint density at radius 3 is 2.57 bits per heavy atom. The normalized spacial score (nSPS) is 9.89. The van der Waals surface area contributed by atoms with Crippen molar-refractivity contribution >= 4 is 48.0 Å². The summed E-state index contributed by atoms with van der Waals surface area (Å²) >= 11 is 6.01. The second kappa shape index (κ2) is 12.6. The van der Waals surface area contributed by atoms with E-state index in [-0.39, 0.29) is 30.7 Å². The lowest BCUT2D eigenvalue weighted by Gasteiger charge is -2.13. The number of anilines is 1. The molecule has 0 radical (unpaired) electrons. The lowest BCUT2D eigenvalue weighted by Crippen LogP contribution is -2.23. The molecule has 1 amide bonds. The van der Waals surface area contributed by atoms with E-state index in [0.29, 0.717) is 35.2 Å². The highest BCUT2D eigenvalue weighted by Crippen LogP contribution is 2.28. The zero-order chi connectivity index (χ0) is 19.1. The average Bonchev–Trinajstić information content (AvgIpc) is 2.61. The minimum atomic E-state index is -0.289. The number of halogens is 3. The number of amides is 1. The summed E-state index contributed by atoms with van der Waals surface area (Å²) in [5, 5.41) is 3.17. The van der Waals surface area contributed by atoms with E-state index in [1.807, 2.05) is 38.4 Å². The topological polar surface area (TPSA) is 76.8 Å². The van der Waals surface area contributed by atoms with E-state index < -0.39 is 0 Å². The van der Waals surface area contributed by atoms with Crippen LogP contribution in [0.1, 0.15) is 15.9 Å². The van der Waals surface area contributed by atoms with Crippen molar-refractivity contribution in [3.05, 3.63) is 52.5 Å². The number of nitrogens with one attached hydrogen (secondary N) is 1. The molecule has 0 saturated carbocycles. The summed E-state index contributed by atoms with van der Waals surface area (Å²) in [6.45, 7) is 1.79. The van der Waals surface area contributed by atoms with Crippen LogP contribution in [-0.2, 0) is 6.54 Å². The Morgan fingerprint density at radius 2 is 1.93 bits per heavy atom. The van der Waals surface area contributed by atoms with Gasteiger partial charge in [-0.2, -0.15) is 0 Å². The van der Waals surface area contributed by atoms with Gasteiger partial charge in [0.15, 0.2) is 0 Å². The van der Waals surface area contributed by atoms with Gasteiger partial charge in [0.1, 0.15) is 18.1 Å². The van der Waals surface area contributed by atoms with E-state index in [2.05, 4.69) is 10.2 Å². The first-order chi connectivity index (χ1) is 12.4. The van der Waals surface area contributed by atoms with Crippen LogP contribution in [0, 0.1) is 0 Å². The molecule has 0 atom stereocenters. The summed E-state index contributed by atoms with van der Waals surface area (Å²) in [5.74, 6) is 0.861. The molecule has 9 heteroatoms. The van der Waals surface area contributed by atoms with Gasteiger partial charge in [-0.1, -0.05) is 23.7 Å². The molecule has 156 valence electrons. The van der Waals surface area contributed by atoms with Gasteiger partial charge in [0.2, 0.25) is 0 Å². The van der Waals surface area contributed by atoms with Crippen LogP contribution < -0.4 is 20.5 Å². The molecule has 0 spiro atoms. The van der Waals surface area contributed by atoms with Gasteiger partial charge in [0.25, 0.3) is 5.91 Å². The van der Waals surface area contributed by atoms with Crippen LogP contribution in [0.2, 0.25) is 5.02 Å². The molecular weight excluding hydrogens is 425 g/mol. The molecule has 0 heterocycles. The van der Waals surface area contributed by atoms with Crippen LogP contribution in [0.4, 0.5) is 5.69 Å². The monoisotopic (exact) mass is 449 g/mol. The highest BCUT2D eigenvalue weighted by molar-refractivity contribution is 6.33. The third-order valence-electron chi connectivity index (χ3n) is 3.72. The number of rotatable bonds is 8. The van der Waals surface area contributed by atoms with Crippen molar-refractivity contribution in [1.29, 1.82) is 0 Å². The minimum Gasteiger partial charge on any atom is -0.496 e. The molecular formula is C19H26Cl3N3O3. The minimum absolute atomic E-state index is 0. The van der Waals surface area contributed by atoms with Crippen LogP contribution in [-0.4, -0.2) is 45.2 Å². The third kappa shape index (κ3) is 7.64. The Hall–Kier alpha value is -1.86. The van der Waals surface area contributed by atoms with Crippen LogP contribution in [0.3, 0.4) is 0 Å². The van der Waals surface area contributed by atoms with Gasteiger partial charge in [0, 0.05) is 19.2 Å². The molecule has 3 N–H and O–H groups in total. The van der Waals surface area contributed by atoms with Crippen molar-refractivity contribution < 1.29 is 14.3 Å². The number of nitrogens with zero attached hydrogens (tertiary/aromatic N) is 1. The van der Waals surface area contributed by atoms with E-state index in [1.54, 1.807) is 0 Å². The van der Waals surface area contributed by atoms with Crippen molar-refractivity contribution in [2.75, 3.05) is 40.1 Å². The van der Waals surface area contributed by atoms with Crippen LogP contribution in [0.15, 0.2) is 36.4 Å². The zero-order valence-corrected chi connectivity index (χ0v) is 18.4. The number of benzene rings is 2. The summed E-state index contributed by atoms with van der Waals surface area (Å²) in [6, 6.07) is 10.7. The van der Waals surface area contributed by atoms with Crippen molar-refractivity contribution in [3.63, 3.8) is 0 Å². The first-order valence-corrected chi connectivity index (χ1v) is 8.56. The predicted octanol–water partition coefficient (Wildman–Crippen LogP) is 3.64. The fourth-order valence-electron chi connectivity index (χ4n) is 2.28. The average molecular weight is 451 g/mol. The molecule has 0 aliphatic heterocycles. The number of methoxy groups -OCH3 is 1. The maximum absolute atomic E-state index is 12.5. The number of hydrogen-bond acceptors (Lipinski definition) is 5. The maximum Gasteiger partial charge on any atom is 0.255 e. The number of nitrogen functional groups attached to an aromatic ring is 1. The Morgan fingerprint density at radius 1 is 1.21 bits per heavy atom. The number of carbonyl (C=O) groups excluding carboxylic acids is 1. The first kappa shape index (κ1) is 26.1. The molecule has 6 nitrogen and oxygen atoms in total. The van der Waals surface area contributed by atoms with E-state index in [9.17, 15) is 4.79 Å². The Kier molecular flexibility index (Phi) is 11.7. The third-order valence-corrected chi connectivity index (χ3v) is 4.05. The van der Waals surface area contributed by atoms with Crippen LogP contribution >= 0.6 is 36.4 Å². The van der Waals surface area contributed by atoms with Crippen molar-refractivity contribution in [3.8, 4) is 11.5 Å². The highest BCUT2D eigenvalue weighted by Gasteiger charge is 2.15. The van der Waals surface area contributed by atoms with Crippen LogP contribution in [0.25, 0.3) is 0 Å². The lowest BCUT2D eigenvalue weighted by atomic mass is 10.1. The zero-order valence-electron chi connectivity index (χ0n) is 16.0. The van der Waals surface area contributed by atoms with Gasteiger partial charge in [-0.3, -0.25) is 4.79 Å². The number of likely N-dealkylation sites (N-methyl/N-ethyl adjacent to an activating group) is 1. The molecule has 2 aromatic carbocycles. The second-order valence-corrected chi connectivity index (χ2v) is 6.46. The van der Waals surface area contributed by atoms with Gasteiger partial charge in [-0.05, 0) is 37.9 Å². The number of ether oxygens (including phenoxy) is 2. The molecule has 2 rings (SSSR count). The fourth-order valence-corrected chi connectivity index (χ4v) is 2.45. The van der Waals surface area contributed by atoms with Gasteiger partial charge >= 0.3 is 0 Å². The summed E-state index contributed by atoms with van der Waals surface area (Å²) in [6.07, 6.45) is 0. The Labute approximate surface area is 183 Å². The Balaban J connectivity index is 0.00000364. The first-order valence-electron chi connectivity index (χ1n) is 8.18. The quantitative estimate of drug-likeness (QED) is 0.600. The Bertz CT molecular complexity index is 773. The van der Waals surface area contributed by atoms with Gasteiger partial charge in [-0.25, -0.2) is 0 Å². The van der Waals surface area contributed by atoms with E-state index >= 15 is 0 Å². The van der Waals surface area contributed by atoms with E-state index in [4.69, 9.17) is 26.8 Å². The maximum atomic E-state index is 12.5. The summed E-state index contributed by atoms with van der Waals surface area (Å²) in [5.41, 5.74) is 7.38. The molecule has 0 fully saturated rings. The van der Waals surface area contributed by atoms with Crippen molar-refractivity contribution in [2.45, 2.75) is 6.54 Å². The number of nitrogens with two attached hydrogens (primary N) is 1. The summed E-state index contributed by atoms with van der Waals surface area (Å²) in [4.78, 5) is 14.5. The molecule has 0 saturated heterocycles. The van der Waals surface area contributed by atoms with Crippen molar-refractivity contribution in [1.82, 2.24) is 10.2 Å². The molecule has 0 aromatic heterocycles. The van der Waals surface area contributed by atoms with E-state index in [1.165, 1.54) is 19.2 Å². The largest absolute Gasteiger partial charge is 0.496 e. The summed E-state index contributed by atoms with van der Waals surface area (Å²) in [7, 11) is 5.47. The SMILES string of the molecule is COc1cc(N)c(Cl)cc1C(=O)NCc1cccc(OCCN(C)C)c1.Cl.Cl. The molecule has 28 heavy (non-hydrogen) atoms. The summed E-state index contributed by atoms with van der Waals surface area (Å²) < 4.78 is 10.9. The highest BCUT2D eigenvalue weighted by atomic mass is 35.5. The number of hydrogen-bond donors (Lipinski definition) is 2. The molecule has 0 unspecified atom stereocenters.